The van der Waals surface area contributed by atoms with Crippen molar-refractivity contribution in [2.45, 2.75) is 32.7 Å². The molecule has 1 aromatic heterocycles. The summed E-state index contributed by atoms with van der Waals surface area (Å²) in [6, 6.07) is 0. The van der Waals surface area contributed by atoms with Crippen molar-refractivity contribution in [2.75, 3.05) is 6.54 Å². The van der Waals surface area contributed by atoms with Gasteiger partial charge in [-0.1, -0.05) is 13.3 Å². The molecule has 0 radical (unpaired) electrons. The second-order valence-electron chi connectivity index (χ2n) is 4.87. The first-order valence-electron chi connectivity index (χ1n) is 5.92. The van der Waals surface area contributed by atoms with Crippen LogP contribution in [0.15, 0.2) is 12.4 Å². The third kappa shape index (κ3) is 2.81. The summed E-state index contributed by atoms with van der Waals surface area (Å²) in [6.07, 6.45) is 8.06. The van der Waals surface area contributed by atoms with Gasteiger partial charge in [-0.05, 0) is 31.2 Å². The largest absolute Gasteiger partial charge is 0.337 e. The third-order valence-electron chi connectivity index (χ3n) is 3.44. The molecule has 1 fully saturated rings. The van der Waals surface area contributed by atoms with Gasteiger partial charge in [0.25, 0.3) is 0 Å². The Hall–Kier alpha value is -0.830. The monoisotopic (exact) mass is 207 g/mol. The van der Waals surface area contributed by atoms with E-state index in [9.17, 15) is 0 Å². The van der Waals surface area contributed by atoms with E-state index in [2.05, 4.69) is 21.8 Å². The number of nitrogens with one attached hydrogen (secondary N) is 1. The zero-order chi connectivity index (χ0) is 10.7. The zero-order valence-corrected chi connectivity index (χ0v) is 9.74. The lowest BCUT2D eigenvalue weighted by Crippen LogP contribution is -2.22. The van der Waals surface area contributed by atoms with Crippen molar-refractivity contribution in [3.05, 3.63) is 18.2 Å². The van der Waals surface area contributed by atoms with E-state index >= 15 is 0 Å². The van der Waals surface area contributed by atoms with Crippen LogP contribution in [0.3, 0.4) is 0 Å². The summed E-state index contributed by atoms with van der Waals surface area (Å²) in [4.78, 5) is 4.30. The molecule has 0 amide bonds. The zero-order valence-electron chi connectivity index (χ0n) is 9.74. The van der Waals surface area contributed by atoms with Crippen molar-refractivity contribution >= 4 is 0 Å². The van der Waals surface area contributed by atoms with Gasteiger partial charge in [-0.3, -0.25) is 0 Å². The van der Waals surface area contributed by atoms with E-state index in [0.29, 0.717) is 0 Å². The fourth-order valence-electron chi connectivity index (χ4n) is 2.47. The van der Waals surface area contributed by atoms with Crippen molar-refractivity contribution in [3.8, 4) is 0 Å². The molecule has 2 unspecified atom stereocenters. The molecule has 2 atom stereocenters. The minimum atomic E-state index is 0.889. The molecule has 15 heavy (non-hydrogen) atoms. The van der Waals surface area contributed by atoms with Crippen LogP contribution in [0.25, 0.3) is 0 Å². The smallest absolute Gasteiger partial charge is 0.122 e. The van der Waals surface area contributed by atoms with Gasteiger partial charge in [-0.2, -0.15) is 0 Å². The second-order valence-corrected chi connectivity index (χ2v) is 4.87. The van der Waals surface area contributed by atoms with Gasteiger partial charge in [-0.25, -0.2) is 4.98 Å². The summed E-state index contributed by atoms with van der Waals surface area (Å²) in [6.45, 7) is 4.41. The minimum Gasteiger partial charge on any atom is -0.337 e. The highest BCUT2D eigenvalue weighted by Crippen LogP contribution is 2.29. The lowest BCUT2D eigenvalue weighted by molar-refractivity contribution is 0.464. The van der Waals surface area contributed by atoms with Crippen LogP contribution in [0.1, 0.15) is 32.0 Å². The van der Waals surface area contributed by atoms with Crippen LogP contribution in [0.5, 0.6) is 0 Å². The minimum absolute atomic E-state index is 0.889. The van der Waals surface area contributed by atoms with Crippen molar-refractivity contribution in [1.29, 1.82) is 0 Å². The van der Waals surface area contributed by atoms with Gasteiger partial charge in [-0.15, -0.1) is 0 Å². The molecule has 84 valence electrons. The SMILES string of the molecule is CC1CCC(CNCc2nccn2C)C1. The summed E-state index contributed by atoms with van der Waals surface area (Å²) in [5, 5.41) is 3.51. The average molecular weight is 207 g/mol. The fraction of sp³-hybridized carbons (Fsp3) is 0.750. The summed E-state index contributed by atoms with van der Waals surface area (Å²) in [5.74, 6) is 2.95. The number of aryl methyl sites for hydroxylation is 1. The highest BCUT2D eigenvalue weighted by atomic mass is 15.1. The number of rotatable bonds is 4. The van der Waals surface area contributed by atoms with E-state index in [-0.39, 0.29) is 0 Å². The normalized spacial score (nSPS) is 26.0. The molecule has 1 aliphatic rings. The first-order valence-corrected chi connectivity index (χ1v) is 5.92. The Morgan fingerprint density at radius 3 is 3.00 bits per heavy atom. The number of hydrogen-bond acceptors (Lipinski definition) is 2. The molecule has 0 bridgehead atoms. The topological polar surface area (TPSA) is 29.9 Å². The predicted molar refractivity (Wildman–Crippen MR) is 61.4 cm³/mol. The molecule has 0 saturated heterocycles. The fourth-order valence-corrected chi connectivity index (χ4v) is 2.47. The van der Waals surface area contributed by atoms with Gasteiger partial charge < -0.3 is 9.88 Å². The van der Waals surface area contributed by atoms with Gasteiger partial charge in [0.15, 0.2) is 0 Å². The maximum absolute atomic E-state index is 4.30. The van der Waals surface area contributed by atoms with Crippen molar-refractivity contribution in [1.82, 2.24) is 14.9 Å². The Bertz CT molecular complexity index is 306. The second kappa shape index (κ2) is 4.79. The highest BCUT2D eigenvalue weighted by Gasteiger charge is 2.20. The molecule has 1 aromatic rings. The molecule has 3 nitrogen and oxygen atoms in total. The molecule has 0 aliphatic heterocycles. The van der Waals surface area contributed by atoms with E-state index in [0.717, 1.165) is 30.7 Å². The molecule has 0 aromatic carbocycles. The van der Waals surface area contributed by atoms with Gasteiger partial charge in [0, 0.05) is 19.4 Å². The van der Waals surface area contributed by atoms with Crippen LogP contribution in [-0.2, 0) is 13.6 Å². The third-order valence-corrected chi connectivity index (χ3v) is 3.44. The Balaban J connectivity index is 1.69. The van der Waals surface area contributed by atoms with Gasteiger partial charge in [0.2, 0.25) is 0 Å². The Labute approximate surface area is 91.9 Å². The molecular weight excluding hydrogens is 186 g/mol. The standard InChI is InChI=1S/C12H21N3/c1-10-3-4-11(7-10)8-13-9-12-14-5-6-15(12)2/h5-6,10-11,13H,3-4,7-9H2,1-2H3. The van der Waals surface area contributed by atoms with Crippen molar-refractivity contribution < 1.29 is 0 Å². The van der Waals surface area contributed by atoms with E-state index in [1.165, 1.54) is 19.3 Å². The van der Waals surface area contributed by atoms with Gasteiger partial charge in [0.05, 0.1) is 6.54 Å². The van der Waals surface area contributed by atoms with E-state index < -0.39 is 0 Å². The molecule has 1 aliphatic carbocycles. The maximum Gasteiger partial charge on any atom is 0.122 e. The van der Waals surface area contributed by atoms with Crippen molar-refractivity contribution in [2.24, 2.45) is 18.9 Å². The molecule has 1 heterocycles. The summed E-state index contributed by atoms with van der Waals surface area (Å²) < 4.78 is 2.07. The summed E-state index contributed by atoms with van der Waals surface area (Å²) in [7, 11) is 2.04. The Morgan fingerprint density at radius 2 is 2.40 bits per heavy atom. The van der Waals surface area contributed by atoms with Crippen LogP contribution in [0.2, 0.25) is 0 Å². The first kappa shape index (κ1) is 10.7. The number of aromatic nitrogens is 2. The molecule has 1 N–H and O–H groups in total. The average Bonchev–Trinajstić information content (AvgIpc) is 2.77. The summed E-state index contributed by atoms with van der Waals surface area (Å²) in [5.41, 5.74) is 0. The van der Waals surface area contributed by atoms with E-state index in [4.69, 9.17) is 0 Å². The van der Waals surface area contributed by atoms with Gasteiger partial charge in [0.1, 0.15) is 5.82 Å². The Morgan fingerprint density at radius 1 is 1.53 bits per heavy atom. The quantitative estimate of drug-likeness (QED) is 0.817. The molecule has 1 saturated carbocycles. The number of hydrogen-bond donors (Lipinski definition) is 1. The lowest BCUT2D eigenvalue weighted by atomic mass is 10.1. The van der Waals surface area contributed by atoms with Crippen LogP contribution in [0, 0.1) is 11.8 Å². The number of imidazole rings is 1. The molecular formula is C12H21N3. The van der Waals surface area contributed by atoms with Crippen LogP contribution in [-0.4, -0.2) is 16.1 Å². The van der Waals surface area contributed by atoms with Crippen LogP contribution in [0.4, 0.5) is 0 Å². The molecule has 2 rings (SSSR count). The van der Waals surface area contributed by atoms with E-state index in [1.54, 1.807) is 0 Å². The van der Waals surface area contributed by atoms with Gasteiger partial charge >= 0.3 is 0 Å². The van der Waals surface area contributed by atoms with E-state index in [1.807, 2.05) is 19.4 Å². The highest BCUT2D eigenvalue weighted by molar-refractivity contribution is 4.90. The predicted octanol–water partition coefficient (Wildman–Crippen LogP) is 1.95. The van der Waals surface area contributed by atoms with Crippen molar-refractivity contribution in [3.63, 3.8) is 0 Å². The molecule has 0 spiro atoms. The number of nitrogens with zero attached hydrogens (tertiary/aromatic N) is 2. The Kier molecular flexibility index (Phi) is 3.41. The van der Waals surface area contributed by atoms with Crippen LogP contribution >= 0.6 is 0 Å². The lowest BCUT2D eigenvalue weighted by Gasteiger charge is -2.10. The van der Waals surface area contributed by atoms with Crippen LogP contribution < -0.4 is 5.32 Å². The maximum atomic E-state index is 4.30. The molecule has 3 heteroatoms. The first-order chi connectivity index (χ1) is 7.25. The summed E-state index contributed by atoms with van der Waals surface area (Å²) >= 11 is 0.